The van der Waals surface area contributed by atoms with Crippen LogP contribution in [0.4, 0.5) is 4.79 Å². The fraction of sp³-hybridized carbons (Fsp3) is 0.312. The Labute approximate surface area is 124 Å². The minimum Gasteiger partial charge on any atom is -0.444 e. The largest absolute Gasteiger partial charge is 0.444 e. The van der Waals surface area contributed by atoms with Gasteiger partial charge in [0.1, 0.15) is 6.61 Å². The van der Waals surface area contributed by atoms with E-state index in [-0.39, 0.29) is 18.7 Å². The Morgan fingerprint density at radius 1 is 1.35 bits per heavy atom. The number of carbonyl (C=O) groups is 1. The number of hydrogen-bond donors (Lipinski definition) is 0. The molecule has 1 amide bonds. The van der Waals surface area contributed by atoms with E-state index in [1.165, 1.54) is 0 Å². The third-order valence-corrected chi connectivity index (χ3v) is 3.36. The van der Waals surface area contributed by atoms with Crippen molar-refractivity contribution in [2.45, 2.75) is 32.4 Å². The molecule has 1 aliphatic rings. The van der Waals surface area contributed by atoms with Crippen LogP contribution < -0.4 is 0 Å². The maximum atomic E-state index is 12.1. The van der Waals surface area contributed by atoms with E-state index in [0.717, 1.165) is 18.4 Å². The Hall–Kier alpha value is -1.74. The van der Waals surface area contributed by atoms with Crippen LogP contribution in [-0.2, 0) is 11.3 Å². The van der Waals surface area contributed by atoms with Crippen molar-refractivity contribution in [3.05, 3.63) is 59.3 Å². The van der Waals surface area contributed by atoms with Crippen LogP contribution in [0.15, 0.2) is 53.7 Å². The highest BCUT2D eigenvalue weighted by Gasteiger charge is 2.23. The monoisotopic (exact) mass is 291 g/mol. The maximum Gasteiger partial charge on any atom is 0.414 e. The topological polar surface area (TPSA) is 29.5 Å². The molecule has 0 N–H and O–H groups in total. The molecule has 0 spiro atoms. The van der Waals surface area contributed by atoms with Gasteiger partial charge in [-0.3, -0.25) is 4.90 Å². The van der Waals surface area contributed by atoms with Crippen molar-refractivity contribution < 1.29 is 9.53 Å². The minimum atomic E-state index is -0.344. The first-order chi connectivity index (χ1) is 9.70. The van der Waals surface area contributed by atoms with Crippen molar-refractivity contribution in [2.24, 2.45) is 0 Å². The molecule has 4 heteroatoms. The molecule has 1 atom stereocenters. The standard InChI is InChI=1S/C16H18ClNO2/c1-2-6-15-11-14(17)9-10-18(15)16(19)20-12-13-7-4-3-5-8-13/h3-5,7-11,15H,2,6,12H2,1H3/t15-/m1/s1. The Kier molecular flexibility index (Phi) is 5.24. The number of nitrogens with zero attached hydrogens (tertiary/aromatic N) is 1. The van der Waals surface area contributed by atoms with E-state index < -0.39 is 0 Å². The molecule has 1 aromatic carbocycles. The number of allylic oxidation sites excluding steroid dienone is 2. The molecule has 1 heterocycles. The van der Waals surface area contributed by atoms with E-state index in [1.54, 1.807) is 17.2 Å². The molecular formula is C16H18ClNO2. The highest BCUT2D eigenvalue weighted by atomic mass is 35.5. The molecule has 0 unspecified atom stereocenters. The van der Waals surface area contributed by atoms with Crippen molar-refractivity contribution in [2.75, 3.05) is 0 Å². The predicted molar refractivity (Wildman–Crippen MR) is 80.2 cm³/mol. The zero-order valence-electron chi connectivity index (χ0n) is 11.5. The second-order valence-corrected chi connectivity index (χ2v) is 5.11. The van der Waals surface area contributed by atoms with Gasteiger partial charge in [-0.1, -0.05) is 55.3 Å². The molecule has 0 radical (unpaired) electrons. The van der Waals surface area contributed by atoms with E-state index in [1.807, 2.05) is 36.4 Å². The molecule has 3 nitrogen and oxygen atoms in total. The van der Waals surface area contributed by atoms with E-state index >= 15 is 0 Å². The maximum absolute atomic E-state index is 12.1. The van der Waals surface area contributed by atoms with Gasteiger partial charge >= 0.3 is 6.09 Å². The zero-order chi connectivity index (χ0) is 14.4. The molecular weight excluding hydrogens is 274 g/mol. The van der Waals surface area contributed by atoms with Crippen molar-refractivity contribution in [3.63, 3.8) is 0 Å². The highest BCUT2D eigenvalue weighted by Crippen LogP contribution is 2.21. The van der Waals surface area contributed by atoms with Crippen molar-refractivity contribution in [1.82, 2.24) is 4.90 Å². The van der Waals surface area contributed by atoms with Crippen LogP contribution in [0.2, 0.25) is 0 Å². The summed E-state index contributed by atoms with van der Waals surface area (Å²) in [6, 6.07) is 9.61. The second kappa shape index (κ2) is 7.15. The van der Waals surface area contributed by atoms with Gasteiger partial charge in [-0.2, -0.15) is 0 Å². The molecule has 0 aromatic heterocycles. The second-order valence-electron chi connectivity index (χ2n) is 4.67. The average Bonchev–Trinajstić information content (AvgIpc) is 2.46. The fourth-order valence-electron chi connectivity index (χ4n) is 2.09. The normalized spacial score (nSPS) is 17.8. The summed E-state index contributed by atoms with van der Waals surface area (Å²) in [6.07, 6.45) is 6.77. The number of rotatable bonds is 4. The van der Waals surface area contributed by atoms with Gasteiger partial charge in [0, 0.05) is 11.2 Å². The van der Waals surface area contributed by atoms with Crippen LogP contribution >= 0.6 is 11.6 Å². The van der Waals surface area contributed by atoms with Gasteiger partial charge in [-0.25, -0.2) is 4.79 Å². The van der Waals surface area contributed by atoms with Crippen molar-refractivity contribution in [3.8, 4) is 0 Å². The van der Waals surface area contributed by atoms with E-state index in [9.17, 15) is 4.79 Å². The Morgan fingerprint density at radius 3 is 2.80 bits per heavy atom. The van der Waals surface area contributed by atoms with Gasteiger partial charge < -0.3 is 4.74 Å². The van der Waals surface area contributed by atoms with Crippen LogP contribution in [0.5, 0.6) is 0 Å². The van der Waals surface area contributed by atoms with Gasteiger partial charge in [-0.05, 0) is 24.1 Å². The quantitative estimate of drug-likeness (QED) is 0.820. The van der Waals surface area contributed by atoms with E-state index in [0.29, 0.717) is 5.03 Å². The number of hydrogen-bond acceptors (Lipinski definition) is 2. The predicted octanol–water partition coefficient (Wildman–Crippen LogP) is 4.44. The van der Waals surface area contributed by atoms with Crippen LogP contribution in [-0.4, -0.2) is 17.0 Å². The molecule has 1 aliphatic heterocycles. The molecule has 0 aliphatic carbocycles. The van der Waals surface area contributed by atoms with Crippen LogP contribution in [0.3, 0.4) is 0 Å². The van der Waals surface area contributed by atoms with Crippen molar-refractivity contribution >= 4 is 17.7 Å². The van der Waals surface area contributed by atoms with Gasteiger partial charge in [0.25, 0.3) is 0 Å². The average molecular weight is 292 g/mol. The molecule has 0 saturated heterocycles. The van der Waals surface area contributed by atoms with Crippen LogP contribution in [0.25, 0.3) is 0 Å². The third-order valence-electron chi connectivity index (χ3n) is 3.10. The molecule has 0 saturated carbocycles. The van der Waals surface area contributed by atoms with E-state index in [2.05, 4.69) is 6.92 Å². The molecule has 106 valence electrons. The lowest BCUT2D eigenvalue weighted by Gasteiger charge is -2.28. The highest BCUT2D eigenvalue weighted by molar-refractivity contribution is 6.31. The summed E-state index contributed by atoms with van der Waals surface area (Å²) in [7, 11) is 0. The van der Waals surface area contributed by atoms with Crippen LogP contribution in [0, 0.1) is 0 Å². The Balaban J connectivity index is 1.96. The number of amides is 1. The summed E-state index contributed by atoms with van der Waals surface area (Å²) in [5.41, 5.74) is 0.974. The van der Waals surface area contributed by atoms with Crippen LogP contribution in [0.1, 0.15) is 25.3 Å². The summed E-state index contributed by atoms with van der Waals surface area (Å²) >= 11 is 5.99. The van der Waals surface area contributed by atoms with Gasteiger partial charge in [-0.15, -0.1) is 0 Å². The zero-order valence-corrected chi connectivity index (χ0v) is 12.2. The summed E-state index contributed by atoms with van der Waals surface area (Å²) in [5, 5.41) is 0.663. The Morgan fingerprint density at radius 2 is 2.10 bits per heavy atom. The third kappa shape index (κ3) is 3.87. The number of benzene rings is 1. The molecule has 0 bridgehead atoms. The lowest BCUT2D eigenvalue weighted by molar-refractivity contribution is 0.102. The summed E-state index contributed by atoms with van der Waals surface area (Å²) in [6.45, 7) is 2.36. The minimum absolute atomic E-state index is 0.0271. The number of ether oxygens (including phenoxy) is 1. The van der Waals surface area contributed by atoms with Gasteiger partial charge in [0.05, 0.1) is 6.04 Å². The van der Waals surface area contributed by atoms with Gasteiger partial charge in [0.2, 0.25) is 0 Å². The smallest absolute Gasteiger partial charge is 0.414 e. The van der Waals surface area contributed by atoms with Gasteiger partial charge in [0.15, 0.2) is 0 Å². The Bertz CT molecular complexity index is 510. The lowest BCUT2D eigenvalue weighted by Crippen LogP contribution is -2.36. The number of carbonyl (C=O) groups excluding carboxylic acids is 1. The SMILES string of the molecule is CCC[C@@H]1C=C(Cl)C=CN1C(=O)OCc1ccccc1. The first kappa shape index (κ1) is 14.7. The summed E-state index contributed by atoms with van der Waals surface area (Å²) in [5.74, 6) is 0. The van der Waals surface area contributed by atoms with Crippen molar-refractivity contribution in [1.29, 1.82) is 0 Å². The molecule has 0 fully saturated rings. The summed E-state index contributed by atoms with van der Waals surface area (Å²) in [4.78, 5) is 13.7. The summed E-state index contributed by atoms with van der Waals surface area (Å²) < 4.78 is 5.34. The number of halogens is 1. The van der Waals surface area contributed by atoms with E-state index in [4.69, 9.17) is 16.3 Å². The fourth-order valence-corrected chi connectivity index (χ4v) is 2.29. The molecule has 2 rings (SSSR count). The molecule has 1 aromatic rings. The first-order valence-corrected chi connectivity index (χ1v) is 7.13. The first-order valence-electron chi connectivity index (χ1n) is 6.75. The lowest BCUT2D eigenvalue weighted by atomic mass is 10.1. The molecule has 20 heavy (non-hydrogen) atoms.